The SMILES string of the molecule is Ic1ccc2c3c(cccc13)C(=NCCCCn1ccnc1)N2. The molecule has 1 aromatic heterocycles. The lowest BCUT2D eigenvalue weighted by molar-refractivity contribution is 0.615. The van der Waals surface area contributed by atoms with Gasteiger partial charge in [-0.2, -0.15) is 0 Å². The van der Waals surface area contributed by atoms with Gasteiger partial charge in [0.1, 0.15) is 5.84 Å². The molecule has 116 valence electrons. The van der Waals surface area contributed by atoms with Gasteiger partial charge >= 0.3 is 0 Å². The van der Waals surface area contributed by atoms with E-state index in [9.17, 15) is 0 Å². The molecule has 4 rings (SSSR count). The largest absolute Gasteiger partial charge is 0.339 e. The van der Waals surface area contributed by atoms with Crippen molar-refractivity contribution in [3.05, 3.63) is 58.2 Å². The number of benzene rings is 2. The maximum atomic E-state index is 4.79. The van der Waals surface area contributed by atoms with Crippen molar-refractivity contribution in [2.75, 3.05) is 11.9 Å². The number of aliphatic imine (C=N–C) groups is 1. The summed E-state index contributed by atoms with van der Waals surface area (Å²) in [4.78, 5) is 8.85. The Bertz CT molecular complexity index is 868. The number of hydrogen-bond acceptors (Lipinski definition) is 2. The van der Waals surface area contributed by atoms with E-state index in [1.807, 2.05) is 18.7 Å². The molecule has 2 heterocycles. The van der Waals surface area contributed by atoms with Crippen LogP contribution in [0.3, 0.4) is 0 Å². The molecule has 0 saturated heterocycles. The number of aromatic nitrogens is 2. The molecule has 0 amide bonds. The minimum Gasteiger partial charge on any atom is -0.339 e. The standard InChI is InChI=1S/C18H17IN4/c19-15-6-7-16-17-13(15)4-3-5-14(17)18(22-16)21-8-1-2-10-23-11-9-20-12-23/h3-7,9,11-12H,1-2,8,10H2,(H,21,22). The Morgan fingerprint density at radius 1 is 1.17 bits per heavy atom. The third-order valence-electron chi connectivity index (χ3n) is 4.15. The van der Waals surface area contributed by atoms with Gasteiger partial charge < -0.3 is 9.88 Å². The Labute approximate surface area is 148 Å². The molecule has 0 unspecified atom stereocenters. The van der Waals surface area contributed by atoms with Gasteiger partial charge in [-0.05, 0) is 53.0 Å². The van der Waals surface area contributed by atoms with Crippen molar-refractivity contribution in [1.82, 2.24) is 9.55 Å². The highest BCUT2D eigenvalue weighted by Gasteiger charge is 2.20. The summed E-state index contributed by atoms with van der Waals surface area (Å²) >= 11 is 2.40. The second kappa shape index (κ2) is 6.31. The molecule has 2 aromatic carbocycles. The number of halogens is 1. The molecular formula is C18H17IN4. The van der Waals surface area contributed by atoms with Gasteiger partial charge in [0.05, 0.1) is 6.33 Å². The number of amidine groups is 1. The molecule has 5 heteroatoms. The Kier molecular flexibility index (Phi) is 4.03. The molecule has 0 bridgehead atoms. The summed E-state index contributed by atoms with van der Waals surface area (Å²) in [7, 11) is 0. The molecule has 0 spiro atoms. The van der Waals surface area contributed by atoms with Crippen LogP contribution in [0, 0.1) is 3.57 Å². The van der Waals surface area contributed by atoms with Crippen LogP contribution in [0.15, 0.2) is 54.0 Å². The first-order chi connectivity index (χ1) is 11.3. The molecule has 23 heavy (non-hydrogen) atoms. The van der Waals surface area contributed by atoms with Crippen molar-refractivity contribution in [2.24, 2.45) is 4.99 Å². The van der Waals surface area contributed by atoms with E-state index in [-0.39, 0.29) is 0 Å². The fourth-order valence-electron chi connectivity index (χ4n) is 3.01. The molecule has 4 nitrogen and oxygen atoms in total. The number of unbranched alkanes of at least 4 members (excludes halogenated alkanes) is 1. The number of anilines is 1. The summed E-state index contributed by atoms with van der Waals surface area (Å²) < 4.78 is 3.39. The fourth-order valence-corrected chi connectivity index (χ4v) is 3.64. The van der Waals surface area contributed by atoms with Crippen LogP contribution in [0.25, 0.3) is 10.8 Å². The average molecular weight is 416 g/mol. The maximum Gasteiger partial charge on any atom is 0.133 e. The Hall–Kier alpha value is -1.89. The van der Waals surface area contributed by atoms with Gasteiger partial charge in [-0.3, -0.25) is 4.99 Å². The van der Waals surface area contributed by atoms with E-state index in [1.54, 1.807) is 0 Å². The van der Waals surface area contributed by atoms with Gasteiger partial charge in [0, 0.05) is 45.7 Å². The third-order valence-corrected chi connectivity index (χ3v) is 5.09. The minimum absolute atomic E-state index is 0.846. The summed E-state index contributed by atoms with van der Waals surface area (Å²) in [5.74, 6) is 1.01. The van der Waals surface area contributed by atoms with E-state index in [2.05, 4.69) is 67.8 Å². The summed E-state index contributed by atoms with van der Waals surface area (Å²) in [6, 6.07) is 10.8. The van der Waals surface area contributed by atoms with Crippen molar-refractivity contribution in [1.29, 1.82) is 0 Å². The predicted molar refractivity (Wildman–Crippen MR) is 103 cm³/mol. The lowest BCUT2D eigenvalue weighted by atomic mass is 10.1. The van der Waals surface area contributed by atoms with E-state index in [1.165, 1.54) is 25.6 Å². The summed E-state index contributed by atoms with van der Waals surface area (Å²) in [5.41, 5.74) is 2.40. The first-order valence-corrected chi connectivity index (χ1v) is 8.89. The first kappa shape index (κ1) is 14.7. The number of aryl methyl sites for hydroxylation is 1. The Morgan fingerprint density at radius 2 is 2.13 bits per heavy atom. The van der Waals surface area contributed by atoms with Crippen molar-refractivity contribution < 1.29 is 0 Å². The second-order valence-corrected chi connectivity index (χ2v) is 6.85. The van der Waals surface area contributed by atoms with Crippen molar-refractivity contribution in [3.8, 4) is 0 Å². The molecule has 1 N–H and O–H groups in total. The average Bonchev–Trinajstić information content (AvgIpc) is 3.20. The third kappa shape index (κ3) is 2.85. The van der Waals surface area contributed by atoms with Crippen LogP contribution in [-0.4, -0.2) is 21.9 Å². The van der Waals surface area contributed by atoms with Crippen LogP contribution in [0.5, 0.6) is 0 Å². The van der Waals surface area contributed by atoms with Gasteiger partial charge in [-0.15, -0.1) is 0 Å². The molecule has 0 atom stereocenters. The Balaban J connectivity index is 1.46. The van der Waals surface area contributed by atoms with Gasteiger partial charge in [-0.25, -0.2) is 4.98 Å². The van der Waals surface area contributed by atoms with Crippen LogP contribution in [0.2, 0.25) is 0 Å². The lowest BCUT2D eigenvalue weighted by Gasteiger charge is -2.03. The van der Waals surface area contributed by atoms with Gasteiger partial charge in [0.2, 0.25) is 0 Å². The van der Waals surface area contributed by atoms with E-state index in [0.717, 1.165) is 31.8 Å². The minimum atomic E-state index is 0.846. The van der Waals surface area contributed by atoms with Gasteiger partial charge in [-0.1, -0.05) is 18.2 Å². The van der Waals surface area contributed by atoms with E-state index >= 15 is 0 Å². The van der Waals surface area contributed by atoms with Gasteiger partial charge in [0.25, 0.3) is 0 Å². The highest BCUT2D eigenvalue weighted by Crippen LogP contribution is 2.35. The molecule has 0 radical (unpaired) electrons. The van der Waals surface area contributed by atoms with Crippen molar-refractivity contribution >= 4 is 44.9 Å². The quantitative estimate of drug-likeness (QED) is 0.498. The predicted octanol–water partition coefficient (Wildman–Crippen LogP) is 4.29. The van der Waals surface area contributed by atoms with Crippen LogP contribution in [-0.2, 0) is 6.54 Å². The number of hydrogen-bond donors (Lipinski definition) is 1. The molecule has 0 fully saturated rings. The summed E-state index contributed by atoms with van der Waals surface area (Å²) in [5, 5.41) is 6.08. The highest BCUT2D eigenvalue weighted by atomic mass is 127. The van der Waals surface area contributed by atoms with Crippen LogP contribution in [0.1, 0.15) is 18.4 Å². The molecule has 0 aliphatic carbocycles. The lowest BCUT2D eigenvalue weighted by Crippen LogP contribution is -2.08. The molecular weight excluding hydrogens is 399 g/mol. The number of nitrogens with one attached hydrogen (secondary N) is 1. The smallest absolute Gasteiger partial charge is 0.133 e. The zero-order valence-corrected chi connectivity index (χ0v) is 14.8. The van der Waals surface area contributed by atoms with Gasteiger partial charge in [0.15, 0.2) is 0 Å². The molecule has 0 saturated carbocycles. The zero-order chi connectivity index (χ0) is 15.6. The summed E-state index contributed by atoms with van der Waals surface area (Å²) in [6.45, 7) is 1.85. The van der Waals surface area contributed by atoms with Crippen LogP contribution < -0.4 is 5.32 Å². The number of rotatable bonds is 5. The fraction of sp³-hybridized carbons (Fsp3) is 0.222. The van der Waals surface area contributed by atoms with E-state index in [0.29, 0.717) is 0 Å². The topological polar surface area (TPSA) is 42.2 Å². The van der Waals surface area contributed by atoms with Crippen molar-refractivity contribution in [3.63, 3.8) is 0 Å². The monoisotopic (exact) mass is 416 g/mol. The number of nitrogens with zero attached hydrogens (tertiary/aromatic N) is 3. The Morgan fingerprint density at radius 3 is 3.00 bits per heavy atom. The zero-order valence-electron chi connectivity index (χ0n) is 12.7. The van der Waals surface area contributed by atoms with Crippen molar-refractivity contribution in [2.45, 2.75) is 19.4 Å². The van der Waals surface area contributed by atoms with E-state index < -0.39 is 0 Å². The maximum absolute atomic E-state index is 4.79. The molecule has 1 aliphatic heterocycles. The molecule has 3 aromatic rings. The first-order valence-electron chi connectivity index (χ1n) is 7.82. The van der Waals surface area contributed by atoms with Crippen LogP contribution >= 0.6 is 22.6 Å². The highest BCUT2D eigenvalue weighted by molar-refractivity contribution is 14.1. The van der Waals surface area contributed by atoms with Crippen LogP contribution in [0.4, 0.5) is 5.69 Å². The normalized spacial score (nSPS) is 14.6. The van der Waals surface area contributed by atoms with E-state index in [4.69, 9.17) is 4.99 Å². The molecule has 1 aliphatic rings. The number of imidazole rings is 1. The second-order valence-electron chi connectivity index (χ2n) is 5.69. The summed E-state index contributed by atoms with van der Waals surface area (Å²) in [6.07, 6.45) is 7.88.